The summed E-state index contributed by atoms with van der Waals surface area (Å²) < 4.78 is 23.1. The van der Waals surface area contributed by atoms with E-state index in [4.69, 9.17) is 18.9 Å². The molecule has 0 unspecified atom stereocenters. The number of esters is 1. The summed E-state index contributed by atoms with van der Waals surface area (Å²) >= 11 is 0. The number of aromatic hydroxyl groups is 1. The first-order chi connectivity index (χ1) is 17.3. The zero-order valence-corrected chi connectivity index (χ0v) is 21.3. The summed E-state index contributed by atoms with van der Waals surface area (Å²) in [7, 11) is 1.37. The van der Waals surface area contributed by atoms with Crippen molar-refractivity contribution in [3.8, 4) is 11.5 Å². The minimum absolute atomic E-state index is 0.0296. The number of hydrogen-bond donors (Lipinski definition) is 2. The number of carbonyl (C=O) groups excluding carboxylic acids is 2. The molecule has 1 aliphatic heterocycles. The van der Waals surface area contributed by atoms with Gasteiger partial charge in [0.1, 0.15) is 12.1 Å². The molecule has 1 amide bonds. The van der Waals surface area contributed by atoms with Crippen molar-refractivity contribution in [2.24, 2.45) is 11.8 Å². The van der Waals surface area contributed by atoms with E-state index in [0.29, 0.717) is 25.6 Å². The standard InChI is InChI=1S/C27H36N2O7/c1-17(2)15-35-25-18(3)36-27(32)21(29-26(31)23-24(30)22(33-4)10-12-28-23)11-13-34-16-20(25)14-19-8-6-5-7-9-19/h5-10,12,17-18,20-21,25,30H,11,13-16H2,1-4H3,(H,29,31)/t18-,20-,21-,25-/m0/s1. The number of cyclic esters (lactones) is 1. The van der Waals surface area contributed by atoms with Gasteiger partial charge >= 0.3 is 5.97 Å². The average molecular weight is 501 g/mol. The minimum atomic E-state index is -0.983. The van der Waals surface area contributed by atoms with Crippen LogP contribution in [0.1, 0.15) is 43.2 Å². The van der Waals surface area contributed by atoms with Gasteiger partial charge < -0.3 is 29.4 Å². The predicted octanol–water partition coefficient (Wildman–Crippen LogP) is 3.15. The van der Waals surface area contributed by atoms with E-state index in [2.05, 4.69) is 36.3 Å². The highest BCUT2D eigenvalue weighted by atomic mass is 16.6. The summed E-state index contributed by atoms with van der Waals surface area (Å²) in [5, 5.41) is 12.9. The number of rotatable bonds is 8. The van der Waals surface area contributed by atoms with E-state index in [-0.39, 0.29) is 30.4 Å². The van der Waals surface area contributed by atoms with E-state index >= 15 is 0 Å². The number of aromatic nitrogens is 1. The molecule has 9 heteroatoms. The third kappa shape index (κ3) is 7.41. The SMILES string of the molecule is COc1ccnc(C(=O)N[C@H]2CCOC[C@H](Cc3ccccc3)[C@@H](OCC(C)C)[C@H](C)OC2=O)c1O. The van der Waals surface area contributed by atoms with Crippen molar-refractivity contribution in [2.75, 3.05) is 26.9 Å². The largest absolute Gasteiger partial charge is 0.503 e. The molecule has 1 fully saturated rings. The van der Waals surface area contributed by atoms with Crippen molar-refractivity contribution in [1.29, 1.82) is 0 Å². The number of benzene rings is 1. The van der Waals surface area contributed by atoms with Crippen LogP contribution in [0.2, 0.25) is 0 Å². The maximum Gasteiger partial charge on any atom is 0.329 e. The monoisotopic (exact) mass is 500 g/mol. The first-order valence-corrected chi connectivity index (χ1v) is 12.3. The number of nitrogens with zero attached hydrogens (tertiary/aromatic N) is 1. The molecule has 3 rings (SSSR count). The second-order valence-corrected chi connectivity index (χ2v) is 9.38. The van der Waals surface area contributed by atoms with Gasteiger partial charge in [-0.3, -0.25) is 4.79 Å². The lowest BCUT2D eigenvalue weighted by Crippen LogP contribution is -2.48. The first kappa shape index (κ1) is 27.4. The summed E-state index contributed by atoms with van der Waals surface area (Å²) in [6.07, 6.45) is 1.29. The molecule has 0 spiro atoms. The Bertz CT molecular complexity index is 999. The summed E-state index contributed by atoms with van der Waals surface area (Å²) in [6.45, 7) is 7.09. The number of ether oxygens (including phenoxy) is 4. The summed E-state index contributed by atoms with van der Waals surface area (Å²) in [4.78, 5) is 29.9. The third-order valence-corrected chi connectivity index (χ3v) is 5.99. The van der Waals surface area contributed by atoms with Crippen LogP contribution in [0, 0.1) is 11.8 Å². The van der Waals surface area contributed by atoms with Crippen molar-refractivity contribution >= 4 is 11.9 Å². The fourth-order valence-corrected chi connectivity index (χ4v) is 4.16. The second-order valence-electron chi connectivity index (χ2n) is 9.38. The Labute approximate surface area is 212 Å². The number of methoxy groups -OCH3 is 1. The van der Waals surface area contributed by atoms with E-state index in [1.54, 1.807) is 6.92 Å². The van der Waals surface area contributed by atoms with Gasteiger partial charge in [0.25, 0.3) is 5.91 Å². The van der Waals surface area contributed by atoms with Gasteiger partial charge in [0.05, 0.1) is 19.8 Å². The topological polar surface area (TPSA) is 116 Å². The first-order valence-electron chi connectivity index (χ1n) is 12.3. The van der Waals surface area contributed by atoms with Gasteiger partial charge in [0.2, 0.25) is 0 Å². The molecule has 1 aromatic heterocycles. The Morgan fingerprint density at radius 3 is 2.69 bits per heavy atom. The molecule has 1 aliphatic rings. The van der Waals surface area contributed by atoms with Crippen molar-refractivity contribution in [3.63, 3.8) is 0 Å². The summed E-state index contributed by atoms with van der Waals surface area (Å²) in [5.74, 6) is -1.33. The molecular weight excluding hydrogens is 464 g/mol. The van der Waals surface area contributed by atoms with Crippen molar-refractivity contribution in [3.05, 3.63) is 53.9 Å². The molecule has 9 nitrogen and oxygen atoms in total. The highest BCUT2D eigenvalue weighted by molar-refractivity contribution is 5.97. The molecule has 0 bridgehead atoms. The molecule has 0 radical (unpaired) electrons. The fourth-order valence-electron chi connectivity index (χ4n) is 4.16. The van der Waals surface area contributed by atoms with Crippen LogP contribution in [0.4, 0.5) is 0 Å². The van der Waals surface area contributed by atoms with E-state index < -0.39 is 35.9 Å². The van der Waals surface area contributed by atoms with E-state index in [1.165, 1.54) is 19.4 Å². The molecule has 4 atom stereocenters. The zero-order valence-electron chi connectivity index (χ0n) is 21.3. The third-order valence-electron chi connectivity index (χ3n) is 5.99. The van der Waals surface area contributed by atoms with Crippen LogP contribution >= 0.6 is 0 Å². The quantitative estimate of drug-likeness (QED) is 0.531. The van der Waals surface area contributed by atoms with Gasteiger partial charge in [-0.25, -0.2) is 9.78 Å². The summed E-state index contributed by atoms with van der Waals surface area (Å²) in [6, 6.07) is 10.5. The molecule has 2 aromatic rings. The van der Waals surface area contributed by atoms with Crippen LogP contribution in [0.5, 0.6) is 11.5 Å². The van der Waals surface area contributed by atoms with E-state index in [0.717, 1.165) is 5.56 Å². The molecule has 0 saturated carbocycles. The highest BCUT2D eigenvalue weighted by Crippen LogP contribution is 2.28. The lowest BCUT2D eigenvalue weighted by molar-refractivity contribution is -0.167. The van der Waals surface area contributed by atoms with Gasteiger partial charge in [-0.1, -0.05) is 44.2 Å². The Kier molecular flexibility index (Phi) is 10.1. The normalized spacial score (nSPS) is 23.1. The molecule has 196 valence electrons. The molecule has 1 saturated heterocycles. The van der Waals surface area contributed by atoms with Gasteiger partial charge in [-0.15, -0.1) is 0 Å². The smallest absolute Gasteiger partial charge is 0.329 e. The Hall–Kier alpha value is -3.17. The van der Waals surface area contributed by atoms with E-state index in [1.807, 2.05) is 18.2 Å². The van der Waals surface area contributed by atoms with Crippen LogP contribution in [0.25, 0.3) is 0 Å². The molecule has 0 aliphatic carbocycles. The molecule has 36 heavy (non-hydrogen) atoms. The van der Waals surface area contributed by atoms with Crippen molar-refractivity contribution in [2.45, 2.75) is 51.9 Å². The molecule has 1 aromatic carbocycles. The number of amides is 1. The van der Waals surface area contributed by atoms with Crippen molar-refractivity contribution < 1.29 is 33.6 Å². The average Bonchev–Trinajstić information content (AvgIpc) is 2.85. The fraction of sp³-hybridized carbons (Fsp3) is 0.519. The molecular formula is C27H36N2O7. The number of hydrogen-bond acceptors (Lipinski definition) is 8. The minimum Gasteiger partial charge on any atom is -0.503 e. The van der Waals surface area contributed by atoms with Gasteiger partial charge in [0.15, 0.2) is 17.2 Å². The number of carbonyl (C=O) groups is 2. The summed E-state index contributed by atoms with van der Waals surface area (Å²) in [5.41, 5.74) is 0.907. The van der Waals surface area contributed by atoms with Crippen LogP contribution < -0.4 is 10.1 Å². The van der Waals surface area contributed by atoms with Crippen LogP contribution in [0.15, 0.2) is 42.6 Å². The maximum atomic E-state index is 13.1. The highest BCUT2D eigenvalue weighted by Gasteiger charge is 2.35. The lowest BCUT2D eigenvalue weighted by Gasteiger charge is -2.34. The van der Waals surface area contributed by atoms with Crippen LogP contribution in [-0.2, 0) is 25.4 Å². The zero-order chi connectivity index (χ0) is 26.1. The van der Waals surface area contributed by atoms with Crippen LogP contribution in [-0.4, -0.2) is 67.1 Å². The van der Waals surface area contributed by atoms with Gasteiger partial charge in [-0.2, -0.15) is 0 Å². The van der Waals surface area contributed by atoms with E-state index in [9.17, 15) is 14.7 Å². The van der Waals surface area contributed by atoms with Crippen LogP contribution in [0.3, 0.4) is 0 Å². The molecule has 2 N–H and O–H groups in total. The van der Waals surface area contributed by atoms with Gasteiger partial charge in [0, 0.05) is 37.8 Å². The Morgan fingerprint density at radius 2 is 2.00 bits per heavy atom. The second kappa shape index (κ2) is 13.2. The maximum absolute atomic E-state index is 13.1. The van der Waals surface area contributed by atoms with Gasteiger partial charge in [-0.05, 0) is 24.8 Å². The lowest BCUT2D eigenvalue weighted by atomic mass is 9.91. The molecule has 2 heterocycles. The number of nitrogens with one attached hydrogen (secondary N) is 1. The Balaban J connectivity index is 1.76. The van der Waals surface area contributed by atoms with Crippen molar-refractivity contribution in [1.82, 2.24) is 10.3 Å². The predicted molar refractivity (Wildman–Crippen MR) is 133 cm³/mol. The number of pyridine rings is 1. The Morgan fingerprint density at radius 1 is 1.25 bits per heavy atom.